The van der Waals surface area contributed by atoms with Gasteiger partial charge in [0.15, 0.2) is 0 Å². The molecule has 0 saturated heterocycles. The molecule has 1 aliphatic rings. The minimum absolute atomic E-state index is 0.0327. The monoisotopic (exact) mass is 314 g/mol. The molecule has 0 saturated carbocycles. The molecule has 1 amide bonds. The largest absolute Gasteiger partial charge is 0.396 e. The zero-order valence-electron chi connectivity index (χ0n) is 13.1. The van der Waals surface area contributed by atoms with Crippen molar-refractivity contribution in [3.05, 3.63) is 47.5 Å². The van der Waals surface area contributed by atoms with Crippen molar-refractivity contribution in [1.82, 2.24) is 20.1 Å². The maximum atomic E-state index is 12.4. The van der Waals surface area contributed by atoms with E-state index in [0.717, 1.165) is 42.8 Å². The molecule has 1 aromatic heterocycles. The maximum absolute atomic E-state index is 12.4. The van der Waals surface area contributed by atoms with Gasteiger partial charge in [-0.3, -0.25) is 4.79 Å². The van der Waals surface area contributed by atoms with Crippen LogP contribution < -0.4 is 5.32 Å². The highest BCUT2D eigenvalue weighted by Crippen LogP contribution is 2.19. The topological polar surface area (TPSA) is 80.0 Å². The van der Waals surface area contributed by atoms with Gasteiger partial charge < -0.3 is 15.0 Å². The predicted molar refractivity (Wildman–Crippen MR) is 85.5 cm³/mol. The van der Waals surface area contributed by atoms with E-state index in [-0.39, 0.29) is 18.4 Å². The van der Waals surface area contributed by atoms with Crippen molar-refractivity contribution in [3.63, 3.8) is 0 Å². The van der Waals surface area contributed by atoms with Gasteiger partial charge in [-0.2, -0.15) is 0 Å². The molecule has 2 N–H and O–H groups in total. The molecular formula is C17H22N4O2. The molecule has 0 bridgehead atoms. The third kappa shape index (κ3) is 3.96. The van der Waals surface area contributed by atoms with Crippen molar-refractivity contribution in [2.24, 2.45) is 5.92 Å². The summed E-state index contributed by atoms with van der Waals surface area (Å²) in [7, 11) is 0. The maximum Gasteiger partial charge on any atom is 0.223 e. The number of nitrogens with one attached hydrogen (secondary N) is 1. The third-order valence-electron chi connectivity index (χ3n) is 4.39. The lowest BCUT2D eigenvalue weighted by Gasteiger charge is -2.14. The molecule has 1 unspecified atom stereocenters. The van der Waals surface area contributed by atoms with E-state index in [4.69, 9.17) is 5.11 Å². The Morgan fingerprint density at radius 2 is 2.04 bits per heavy atom. The van der Waals surface area contributed by atoms with E-state index in [1.165, 1.54) is 0 Å². The summed E-state index contributed by atoms with van der Waals surface area (Å²) in [6.07, 6.45) is 4.85. The average Bonchev–Trinajstić information content (AvgIpc) is 2.93. The first-order valence-corrected chi connectivity index (χ1v) is 8.09. The number of nitrogens with zero attached hydrogens (tertiary/aromatic N) is 3. The standard InChI is InChI=1S/C17H22N4O2/c22-10-8-13-1-3-14(4-2-13)11-18-17(23)15-5-6-16-20-19-12-21(16)9-7-15/h1-4,12,15,22H,5-11H2,(H,18,23). The smallest absolute Gasteiger partial charge is 0.223 e. The van der Waals surface area contributed by atoms with Gasteiger partial charge in [0.1, 0.15) is 12.2 Å². The number of hydrogen-bond acceptors (Lipinski definition) is 4. The van der Waals surface area contributed by atoms with E-state index in [0.29, 0.717) is 13.0 Å². The number of carbonyl (C=O) groups is 1. The molecule has 1 atom stereocenters. The Balaban J connectivity index is 1.50. The lowest BCUT2D eigenvalue weighted by molar-refractivity contribution is -0.125. The van der Waals surface area contributed by atoms with Crippen LogP contribution in [0.4, 0.5) is 0 Å². The fourth-order valence-electron chi connectivity index (χ4n) is 2.95. The van der Waals surface area contributed by atoms with Crippen molar-refractivity contribution in [1.29, 1.82) is 0 Å². The molecule has 2 aromatic rings. The molecule has 1 aromatic carbocycles. The highest BCUT2D eigenvalue weighted by atomic mass is 16.3. The second kappa shape index (κ2) is 7.37. The Morgan fingerprint density at radius 3 is 2.83 bits per heavy atom. The number of aliphatic hydroxyl groups is 1. The van der Waals surface area contributed by atoms with Gasteiger partial charge in [0, 0.05) is 32.0 Å². The van der Waals surface area contributed by atoms with E-state index >= 15 is 0 Å². The van der Waals surface area contributed by atoms with Crippen LogP contribution in [0.5, 0.6) is 0 Å². The van der Waals surface area contributed by atoms with Gasteiger partial charge in [0.2, 0.25) is 5.91 Å². The Hall–Kier alpha value is -2.21. The van der Waals surface area contributed by atoms with E-state index in [9.17, 15) is 4.79 Å². The van der Waals surface area contributed by atoms with Crippen LogP contribution in [0.3, 0.4) is 0 Å². The molecule has 0 aliphatic carbocycles. The summed E-state index contributed by atoms with van der Waals surface area (Å²) < 4.78 is 2.03. The van der Waals surface area contributed by atoms with Crippen molar-refractivity contribution in [2.75, 3.05) is 6.61 Å². The lowest BCUT2D eigenvalue weighted by atomic mass is 9.99. The molecule has 1 aliphatic heterocycles. The van der Waals surface area contributed by atoms with Crippen molar-refractivity contribution < 1.29 is 9.90 Å². The van der Waals surface area contributed by atoms with Gasteiger partial charge in [-0.15, -0.1) is 10.2 Å². The summed E-state index contributed by atoms with van der Waals surface area (Å²) in [5.41, 5.74) is 2.18. The average molecular weight is 314 g/mol. The molecule has 122 valence electrons. The van der Waals surface area contributed by atoms with E-state index in [1.54, 1.807) is 6.33 Å². The first-order valence-electron chi connectivity index (χ1n) is 8.09. The second-order valence-corrected chi connectivity index (χ2v) is 5.97. The fourth-order valence-corrected chi connectivity index (χ4v) is 2.95. The first kappa shape index (κ1) is 15.7. The molecule has 6 nitrogen and oxygen atoms in total. The minimum Gasteiger partial charge on any atom is -0.396 e. The number of amides is 1. The van der Waals surface area contributed by atoms with Gasteiger partial charge in [-0.05, 0) is 30.4 Å². The van der Waals surface area contributed by atoms with E-state index < -0.39 is 0 Å². The van der Waals surface area contributed by atoms with Crippen LogP contribution in [0, 0.1) is 5.92 Å². The highest BCUT2D eigenvalue weighted by Gasteiger charge is 2.22. The normalized spacial score (nSPS) is 17.3. The summed E-state index contributed by atoms with van der Waals surface area (Å²) >= 11 is 0. The van der Waals surface area contributed by atoms with Gasteiger partial charge in [0.05, 0.1) is 0 Å². The predicted octanol–water partition coefficient (Wildman–Crippen LogP) is 1.08. The Bertz CT molecular complexity index is 628. The number of benzene rings is 1. The summed E-state index contributed by atoms with van der Waals surface area (Å²) in [5, 5.41) is 19.9. The molecule has 2 heterocycles. The first-order chi connectivity index (χ1) is 11.3. The molecule has 0 spiro atoms. The molecule has 6 heteroatoms. The van der Waals surface area contributed by atoms with E-state index in [1.807, 2.05) is 28.8 Å². The van der Waals surface area contributed by atoms with Crippen molar-refractivity contribution in [3.8, 4) is 0 Å². The Kier molecular flexibility index (Phi) is 5.02. The number of carbonyl (C=O) groups excluding carboxylic acids is 1. The van der Waals surface area contributed by atoms with Crippen LogP contribution in [0.2, 0.25) is 0 Å². The zero-order valence-corrected chi connectivity index (χ0v) is 13.1. The molecule has 23 heavy (non-hydrogen) atoms. The van der Waals surface area contributed by atoms with Crippen LogP contribution in [0.25, 0.3) is 0 Å². The van der Waals surface area contributed by atoms with Crippen LogP contribution in [0.15, 0.2) is 30.6 Å². The third-order valence-corrected chi connectivity index (χ3v) is 4.39. The van der Waals surface area contributed by atoms with Gasteiger partial charge in [-0.1, -0.05) is 24.3 Å². The van der Waals surface area contributed by atoms with Crippen LogP contribution >= 0.6 is 0 Å². The Labute approximate surface area is 135 Å². The SMILES string of the molecule is O=C(NCc1ccc(CCO)cc1)C1CCc2nncn2CC1. The van der Waals surface area contributed by atoms with Crippen LogP contribution in [-0.2, 0) is 30.7 Å². The summed E-state index contributed by atoms with van der Waals surface area (Å²) in [6.45, 7) is 1.50. The molecule has 0 radical (unpaired) electrons. The number of rotatable bonds is 5. The molecule has 0 fully saturated rings. The number of aromatic nitrogens is 3. The number of hydrogen-bond donors (Lipinski definition) is 2. The Morgan fingerprint density at radius 1 is 1.26 bits per heavy atom. The summed E-state index contributed by atoms with van der Waals surface area (Å²) in [4.78, 5) is 12.4. The fraction of sp³-hybridized carbons (Fsp3) is 0.471. The lowest BCUT2D eigenvalue weighted by Crippen LogP contribution is -2.30. The second-order valence-electron chi connectivity index (χ2n) is 5.97. The van der Waals surface area contributed by atoms with Crippen molar-refractivity contribution >= 4 is 5.91 Å². The molecule has 3 rings (SSSR count). The van der Waals surface area contributed by atoms with Crippen LogP contribution in [0.1, 0.15) is 29.8 Å². The zero-order chi connectivity index (χ0) is 16.1. The summed E-state index contributed by atoms with van der Waals surface area (Å²) in [6, 6.07) is 7.99. The number of aryl methyl sites for hydroxylation is 2. The quantitative estimate of drug-likeness (QED) is 0.865. The van der Waals surface area contributed by atoms with Gasteiger partial charge in [0.25, 0.3) is 0 Å². The minimum atomic E-state index is 0.0327. The van der Waals surface area contributed by atoms with Crippen LogP contribution in [-0.4, -0.2) is 32.4 Å². The van der Waals surface area contributed by atoms with Gasteiger partial charge in [-0.25, -0.2) is 0 Å². The highest BCUT2D eigenvalue weighted by molar-refractivity contribution is 5.78. The number of aliphatic hydroxyl groups excluding tert-OH is 1. The van der Waals surface area contributed by atoms with E-state index in [2.05, 4.69) is 15.5 Å². The number of fused-ring (bicyclic) bond motifs is 1. The summed E-state index contributed by atoms with van der Waals surface area (Å²) in [5.74, 6) is 1.12. The van der Waals surface area contributed by atoms with Gasteiger partial charge >= 0.3 is 0 Å². The molecular weight excluding hydrogens is 292 g/mol. The van der Waals surface area contributed by atoms with Crippen molar-refractivity contribution in [2.45, 2.75) is 38.8 Å².